The number of piperidine rings is 1. The molecule has 2 rings (SSSR count). The second kappa shape index (κ2) is 9.26. The molecule has 1 unspecified atom stereocenters. The van der Waals surface area contributed by atoms with Crippen LogP contribution in [0.25, 0.3) is 0 Å². The Morgan fingerprint density at radius 3 is 2.64 bits per heavy atom. The Kier molecular flexibility index (Phi) is 6.97. The largest absolute Gasteiger partial charge is 0.299 e. The molecule has 0 bridgehead atoms. The molecule has 0 radical (unpaired) electrons. The van der Waals surface area contributed by atoms with Crippen molar-refractivity contribution in [3.63, 3.8) is 0 Å². The van der Waals surface area contributed by atoms with E-state index in [1.807, 2.05) is 0 Å². The molecule has 0 saturated carbocycles. The SMILES string of the molecule is C#CCNC(C#N)CCC1CCN(Cc2ccccc2)CC1. The van der Waals surface area contributed by atoms with Crippen molar-refractivity contribution < 1.29 is 0 Å². The van der Waals surface area contributed by atoms with Crippen LogP contribution in [0.2, 0.25) is 0 Å². The lowest BCUT2D eigenvalue weighted by Gasteiger charge is -2.32. The molecule has 1 aromatic carbocycles. The number of rotatable bonds is 7. The molecule has 116 valence electrons. The summed E-state index contributed by atoms with van der Waals surface area (Å²) in [7, 11) is 0. The number of likely N-dealkylation sites (tertiary alicyclic amines) is 1. The summed E-state index contributed by atoms with van der Waals surface area (Å²) in [4.78, 5) is 2.53. The van der Waals surface area contributed by atoms with E-state index >= 15 is 0 Å². The highest BCUT2D eigenvalue weighted by molar-refractivity contribution is 5.14. The van der Waals surface area contributed by atoms with Crippen molar-refractivity contribution in [2.45, 2.75) is 38.3 Å². The highest BCUT2D eigenvalue weighted by Crippen LogP contribution is 2.23. The van der Waals surface area contributed by atoms with E-state index in [4.69, 9.17) is 11.7 Å². The fourth-order valence-corrected chi connectivity index (χ4v) is 3.07. The van der Waals surface area contributed by atoms with E-state index in [1.165, 1.54) is 18.4 Å². The molecular formula is C19H25N3. The highest BCUT2D eigenvalue weighted by atomic mass is 15.1. The molecule has 1 aliphatic heterocycles. The Labute approximate surface area is 134 Å². The molecule has 0 spiro atoms. The lowest BCUT2D eigenvalue weighted by molar-refractivity contribution is 0.170. The number of terminal acetylenes is 1. The maximum Gasteiger partial charge on any atom is 0.0960 e. The zero-order valence-electron chi connectivity index (χ0n) is 13.2. The summed E-state index contributed by atoms with van der Waals surface area (Å²) in [5, 5.41) is 12.2. The van der Waals surface area contributed by atoms with Gasteiger partial charge in [0, 0.05) is 6.54 Å². The van der Waals surface area contributed by atoms with Gasteiger partial charge in [0.2, 0.25) is 0 Å². The fourth-order valence-electron chi connectivity index (χ4n) is 3.07. The van der Waals surface area contributed by atoms with Gasteiger partial charge in [0.15, 0.2) is 0 Å². The van der Waals surface area contributed by atoms with Crippen LogP contribution in [0.3, 0.4) is 0 Å². The van der Waals surface area contributed by atoms with E-state index < -0.39 is 0 Å². The van der Waals surface area contributed by atoms with Crippen molar-refractivity contribution in [3.05, 3.63) is 35.9 Å². The van der Waals surface area contributed by atoms with Gasteiger partial charge in [-0.25, -0.2) is 0 Å². The topological polar surface area (TPSA) is 39.1 Å². The first-order valence-electron chi connectivity index (χ1n) is 8.14. The van der Waals surface area contributed by atoms with Crippen molar-refractivity contribution in [2.24, 2.45) is 5.92 Å². The van der Waals surface area contributed by atoms with Crippen LogP contribution < -0.4 is 5.32 Å². The van der Waals surface area contributed by atoms with Crippen molar-refractivity contribution >= 4 is 0 Å². The molecule has 1 atom stereocenters. The van der Waals surface area contributed by atoms with Crippen molar-refractivity contribution in [2.75, 3.05) is 19.6 Å². The lowest BCUT2D eigenvalue weighted by atomic mass is 9.90. The van der Waals surface area contributed by atoms with Crippen LogP contribution in [0.15, 0.2) is 30.3 Å². The standard InChI is InChI=1S/C19H25N3/c1-2-12-21-19(15-20)9-8-17-10-13-22(14-11-17)16-18-6-4-3-5-7-18/h1,3-7,17,19,21H,8-14,16H2. The fraction of sp³-hybridized carbons (Fsp3) is 0.526. The van der Waals surface area contributed by atoms with Gasteiger partial charge in [0.1, 0.15) is 0 Å². The van der Waals surface area contributed by atoms with Gasteiger partial charge in [-0.2, -0.15) is 5.26 Å². The van der Waals surface area contributed by atoms with Crippen LogP contribution in [0, 0.1) is 29.6 Å². The molecule has 1 aromatic rings. The minimum Gasteiger partial charge on any atom is -0.299 e. The van der Waals surface area contributed by atoms with E-state index in [9.17, 15) is 0 Å². The first kappa shape index (κ1) is 16.6. The number of nitriles is 1. The van der Waals surface area contributed by atoms with Crippen LogP contribution in [0.1, 0.15) is 31.2 Å². The monoisotopic (exact) mass is 295 g/mol. The normalized spacial score (nSPS) is 17.5. The summed E-state index contributed by atoms with van der Waals surface area (Å²) in [6.45, 7) is 3.86. The summed E-state index contributed by atoms with van der Waals surface area (Å²) >= 11 is 0. The average Bonchev–Trinajstić information content (AvgIpc) is 2.57. The van der Waals surface area contributed by atoms with E-state index in [1.54, 1.807) is 0 Å². The Morgan fingerprint density at radius 1 is 1.27 bits per heavy atom. The van der Waals surface area contributed by atoms with Crippen LogP contribution in [0.5, 0.6) is 0 Å². The molecule has 1 saturated heterocycles. The summed E-state index contributed by atoms with van der Waals surface area (Å²) in [5.74, 6) is 3.28. The maximum atomic E-state index is 9.10. The third-order valence-electron chi connectivity index (χ3n) is 4.43. The van der Waals surface area contributed by atoms with Crippen LogP contribution in [0.4, 0.5) is 0 Å². The second-order valence-electron chi connectivity index (χ2n) is 6.05. The second-order valence-corrected chi connectivity index (χ2v) is 6.05. The van der Waals surface area contributed by atoms with Crippen molar-refractivity contribution in [1.82, 2.24) is 10.2 Å². The molecule has 1 aliphatic rings. The summed E-state index contributed by atoms with van der Waals surface area (Å²) in [5.41, 5.74) is 1.39. The predicted octanol–water partition coefficient (Wildman–Crippen LogP) is 2.79. The highest BCUT2D eigenvalue weighted by Gasteiger charge is 2.20. The Bertz CT molecular complexity index is 504. The summed E-state index contributed by atoms with van der Waals surface area (Å²) < 4.78 is 0. The van der Waals surface area contributed by atoms with Crippen molar-refractivity contribution in [3.8, 4) is 18.4 Å². The number of benzene rings is 1. The molecule has 1 N–H and O–H groups in total. The van der Waals surface area contributed by atoms with Crippen molar-refractivity contribution in [1.29, 1.82) is 5.26 Å². The minimum absolute atomic E-state index is 0.0987. The van der Waals surface area contributed by atoms with Gasteiger partial charge in [-0.3, -0.25) is 10.2 Å². The quantitative estimate of drug-likeness (QED) is 0.786. The molecule has 3 heteroatoms. The van der Waals surface area contributed by atoms with Gasteiger partial charge in [-0.1, -0.05) is 36.3 Å². The summed E-state index contributed by atoms with van der Waals surface area (Å²) in [6, 6.07) is 12.9. The first-order chi connectivity index (χ1) is 10.8. The van der Waals surface area contributed by atoms with E-state index in [0.29, 0.717) is 6.54 Å². The van der Waals surface area contributed by atoms with Crippen LogP contribution in [-0.2, 0) is 6.54 Å². The molecule has 1 fully saturated rings. The number of nitrogens with one attached hydrogen (secondary N) is 1. The molecular weight excluding hydrogens is 270 g/mol. The Hall–Kier alpha value is -1.81. The van der Waals surface area contributed by atoms with E-state index in [0.717, 1.165) is 38.4 Å². The minimum atomic E-state index is -0.0987. The molecule has 0 amide bonds. The van der Waals surface area contributed by atoms with Gasteiger partial charge >= 0.3 is 0 Å². The van der Waals surface area contributed by atoms with Crippen LogP contribution >= 0.6 is 0 Å². The Morgan fingerprint density at radius 2 is 2.00 bits per heavy atom. The van der Waals surface area contributed by atoms with E-state index in [2.05, 4.69) is 52.5 Å². The van der Waals surface area contributed by atoms with Crippen LogP contribution in [-0.4, -0.2) is 30.6 Å². The number of nitrogens with zero attached hydrogens (tertiary/aromatic N) is 2. The smallest absolute Gasteiger partial charge is 0.0960 e. The summed E-state index contributed by atoms with van der Waals surface area (Å²) in [6.07, 6.45) is 9.72. The van der Waals surface area contributed by atoms with Gasteiger partial charge in [-0.05, 0) is 50.3 Å². The van der Waals surface area contributed by atoms with Gasteiger partial charge < -0.3 is 0 Å². The zero-order chi connectivity index (χ0) is 15.6. The molecule has 22 heavy (non-hydrogen) atoms. The predicted molar refractivity (Wildman–Crippen MR) is 89.9 cm³/mol. The van der Waals surface area contributed by atoms with Gasteiger partial charge in [-0.15, -0.1) is 6.42 Å². The molecule has 1 heterocycles. The third-order valence-corrected chi connectivity index (χ3v) is 4.43. The molecule has 0 aromatic heterocycles. The Balaban J connectivity index is 1.67. The third kappa shape index (κ3) is 5.53. The maximum absolute atomic E-state index is 9.10. The van der Waals surface area contributed by atoms with Gasteiger partial charge in [0.25, 0.3) is 0 Å². The average molecular weight is 295 g/mol. The number of hydrogen-bond donors (Lipinski definition) is 1. The van der Waals surface area contributed by atoms with E-state index in [-0.39, 0.29) is 6.04 Å². The molecule has 3 nitrogen and oxygen atoms in total. The number of hydrogen-bond acceptors (Lipinski definition) is 3. The van der Waals surface area contributed by atoms with Gasteiger partial charge in [0.05, 0.1) is 18.7 Å². The zero-order valence-corrected chi connectivity index (χ0v) is 13.2. The first-order valence-corrected chi connectivity index (χ1v) is 8.14. The lowest BCUT2D eigenvalue weighted by Crippen LogP contribution is -2.34. The molecule has 0 aliphatic carbocycles.